The van der Waals surface area contributed by atoms with Gasteiger partial charge in [-0.05, 0) is 48.7 Å². The Morgan fingerprint density at radius 1 is 1.00 bits per heavy atom. The van der Waals surface area contributed by atoms with Gasteiger partial charge in [0, 0.05) is 31.2 Å². The summed E-state index contributed by atoms with van der Waals surface area (Å²) in [5.74, 6) is -0.205. The number of morpholine rings is 1. The smallest absolute Gasteiger partial charge is 0.254 e. The van der Waals surface area contributed by atoms with Crippen molar-refractivity contribution in [1.29, 1.82) is 0 Å². The van der Waals surface area contributed by atoms with Gasteiger partial charge in [0.2, 0.25) is 0 Å². The Balaban J connectivity index is 1.53. The molecule has 0 atom stereocenters. The van der Waals surface area contributed by atoms with Gasteiger partial charge in [0.05, 0.1) is 24.6 Å². The van der Waals surface area contributed by atoms with Crippen molar-refractivity contribution >= 4 is 17.3 Å². The van der Waals surface area contributed by atoms with Crippen LogP contribution in [-0.4, -0.2) is 43.2 Å². The summed E-state index contributed by atoms with van der Waals surface area (Å²) >= 11 is 0. The van der Waals surface area contributed by atoms with Gasteiger partial charge in [0.15, 0.2) is 0 Å². The van der Waals surface area contributed by atoms with Crippen molar-refractivity contribution in [2.24, 2.45) is 0 Å². The van der Waals surface area contributed by atoms with Crippen LogP contribution in [-0.2, 0) is 11.3 Å². The van der Waals surface area contributed by atoms with E-state index in [4.69, 9.17) is 4.74 Å². The zero-order valence-corrected chi connectivity index (χ0v) is 17.3. The van der Waals surface area contributed by atoms with E-state index in [9.17, 15) is 9.18 Å². The fourth-order valence-electron chi connectivity index (χ4n) is 4.16. The first-order chi connectivity index (χ1) is 14.7. The fourth-order valence-corrected chi connectivity index (χ4v) is 4.16. The Labute approximate surface area is 177 Å². The number of nitrogens with zero attached hydrogens (tertiary/aromatic N) is 1. The summed E-state index contributed by atoms with van der Waals surface area (Å²) in [5, 5.41) is 7.13. The number of hydrogen-bond donors (Lipinski definition) is 2. The van der Waals surface area contributed by atoms with E-state index in [1.54, 1.807) is 12.1 Å². The van der Waals surface area contributed by atoms with Gasteiger partial charge in [-0.1, -0.05) is 31.4 Å². The first-order valence-electron chi connectivity index (χ1n) is 10.9. The maximum atomic E-state index is 13.2. The fraction of sp³-hybridized carbons (Fsp3) is 0.458. The minimum Gasteiger partial charge on any atom is -0.381 e. The molecule has 5 nitrogen and oxygen atoms in total. The molecule has 1 heterocycles. The summed E-state index contributed by atoms with van der Waals surface area (Å²) in [5.41, 5.74) is 3.59. The minimum absolute atomic E-state index is 0.0346. The van der Waals surface area contributed by atoms with Gasteiger partial charge in [-0.25, -0.2) is 4.39 Å². The molecule has 0 unspecified atom stereocenters. The number of halogens is 1. The van der Waals surface area contributed by atoms with Crippen LogP contribution in [0.25, 0.3) is 0 Å². The molecule has 4 rings (SSSR count). The standard InChI is InChI=1S/C24H30FN3O2/c25-20-9-6-18(7-10-20)17-26-23-16-19(24(29)28-12-14-30-15-13-28)8-11-22(23)27-21-4-2-1-3-5-21/h6-11,16,21,26-27H,1-5,12-15,17H2. The lowest BCUT2D eigenvalue weighted by molar-refractivity contribution is 0.0303. The first kappa shape index (κ1) is 20.7. The highest BCUT2D eigenvalue weighted by Crippen LogP contribution is 2.29. The second-order valence-electron chi connectivity index (χ2n) is 8.12. The maximum Gasteiger partial charge on any atom is 0.254 e. The molecule has 2 aromatic rings. The molecule has 1 amide bonds. The second-order valence-corrected chi connectivity index (χ2v) is 8.12. The Morgan fingerprint density at radius 2 is 1.73 bits per heavy atom. The molecule has 2 N–H and O–H groups in total. The molecule has 160 valence electrons. The van der Waals surface area contributed by atoms with Crippen molar-refractivity contribution in [1.82, 2.24) is 4.90 Å². The quantitative estimate of drug-likeness (QED) is 0.726. The lowest BCUT2D eigenvalue weighted by Gasteiger charge is -2.28. The molecule has 0 spiro atoms. The van der Waals surface area contributed by atoms with Crippen molar-refractivity contribution in [3.8, 4) is 0 Å². The highest BCUT2D eigenvalue weighted by molar-refractivity contribution is 5.96. The number of amides is 1. The summed E-state index contributed by atoms with van der Waals surface area (Å²) in [4.78, 5) is 14.8. The monoisotopic (exact) mass is 411 g/mol. The number of rotatable bonds is 6. The number of benzene rings is 2. The van der Waals surface area contributed by atoms with E-state index in [-0.39, 0.29) is 11.7 Å². The topological polar surface area (TPSA) is 53.6 Å². The van der Waals surface area contributed by atoms with Crippen LogP contribution >= 0.6 is 0 Å². The van der Waals surface area contributed by atoms with Crippen LogP contribution in [0.3, 0.4) is 0 Å². The Kier molecular flexibility index (Phi) is 6.84. The van der Waals surface area contributed by atoms with E-state index in [2.05, 4.69) is 10.6 Å². The molecule has 2 aromatic carbocycles. The number of carbonyl (C=O) groups is 1. The molecular formula is C24H30FN3O2. The van der Waals surface area contributed by atoms with Gasteiger partial charge >= 0.3 is 0 Å². The van der Waals surface area contributed by atoms with Crippen LogP contribution in [0.5, 0.6) is 0 Å². The molecule has 2 fully saturated rings. The largest absolute Gasteiger partial charge is 0.381 e. The van der Waals surface area contributed by atoms with Crippen molar-refractivity contribution in [2.45, 2.75) is 44.7 Å². The van der Waals surface area contributed by atoms with E-state index in [1.807, 2.05) is 23.1 Å². The Hall–Kier alpha value is -2.60. The predicted molar refractivity (Wildman–Crippen MR) is 117 cm³/mol. The number of carbonyl (C=O) groups excluding carboxylic acids is 1. The van der Waals surface area contributed by atoms with Crippen LogP contribution in [0.15, 0.2) is 42.5 Å². The third-order valence-corrected chi connectivity index (χ3v) is 5.93. The molecule has 6 heteroatoms. The van der Waals surface area contributed by atoms with Crippen LogP contribution in [0, 0.1) is 5.82 Å². The van der Waals surface area contributed by atoms with Gasteiger partial charge < -0.3 is 20.3 Å². The number of anilines is 2. The summed E-state index contributed by atoms with van der Waals surface area (Å²) in [7, 11) is 0. The van der Waals surface area contributed by atoms with Gasteiger partial charge in [-0.3, -0.25) is 4.79 Å². The molecule has 0 radical (unpaired) electrons. The van der Waals surface area contributed by atoms with Crippen LogP contribution in [0.1, 0.15) is 48.0 Å². The van der Waals surface area contributed by atoms with Crippen molar-refractivity contribution in [3.63, 3.8) is 0 Å². The third kappa shape index (κ3) is 5.30. The first-order valence-corrected chi connectivity index (χ1v) is 10.9. The van der Waals surface area contributed by atoms with Gasteiger partial charge in [0.25, 0.3) is 5.91 Å². The van der Waals surface area contributed by atoms with Gasteiger partial charge in [-0.15, -0.1) is 0 Å². The molecule has 0 aromatic heterocycles. The average molecular weight is 412 g/mol. The van der Waals surface area contributed by atoms with E-state index in [0.29, 0.717) is 44.5 Å². The lowest BCUT2D eigenvalue weighted by Crippen LogP contribution is -2.40. The van der Waals surface area contributed by atoms with E-state index < -0.39 is 0 Å². The van der Waals surface area contributed by atoms with Gasteiger partial charge in [-0.2, -0.15) is 0 Å². The van der Waals surface area contributed by atoms with E-state index in [1.165, 1.54) is 44.2 Å². The zero-order chi connectivity index (χ0) is 20.8. The zero-order valence-electron chi connectivity index (χ0n) is 17.3. The molecule has 1 aliphatic heterocycles. The molecule has 1 aliphatic carbocycles. The van der Waals surface area contributed by atoms with Crippen LogP contribution in [0.2, 0.25) is 0 Å². The molecular weight excluding hydrogens is 381 g/mol. The van der Waals surface area contributed by atoms with E-state index in [0.717, 1.165) is 16.9 Å². The number of hydrogen-bond acceptors (Lipinski definition) is 4. The maximum absolute atomic E-state index is 13.2. The SMILES string of the molecule is O=C(c1ccc(NC2CCCCC2)c(NCc2ccc(F)cc2)c1)N1CCOCC1. The predicted octanol–water partition coefficient (Wildman–Crippen LogP) is 4.65. The third-order valence-electron chi connectivity index (χ3n) is 5.93. The summed E-state index contributed by atoms with van der Waals surface area (Å²) in [6.45, 7) is 2.98. The molecule has 2 aliphatic rings. The highest BCUT2D eigenvalue weighted by atomic mass is 19.1. The van der Waals surface area contributed by atoms with Crippen molar-refractivity contribution in [2.75, 3.05) is 36.9 Å². The molecule has 1 saturated carbocycles. The average Bonchev–Trinajstić information content (AvgIpc) is 2.80. The Morgan fingerprint density at radius 3 is 2.47 bits per heavy atom. The van der Waals surface area contributed by atoms with Crippen molar-refractivity contribution in [3.05, 3.63) is 59.4 Å². The van der Waals surface area contributed by atoms with Crippen LogP contribution < -0.4 is 10.6 Å². The summed E-state index contributed by atoms with van der Waals surface area (Å²) in [6.07, 6.45) is 6.16. The summed E-state index contributed by atoms with van der Waals surface area (Å²) in [6, 6.07) is 12.8. The van der Waals surface area contributed by atoms with Gasteiger partial charge in [0.1, 0.15) is 5.82 Å². The molecule has 1 saturated heterocycles. The second kappa shape index (κ2) is 9.94. The number of nitrogens with one attached hydrogen (secondary N) is 2. The van der Waals surface area contributed by atoms with E-state index >= 15 is 0 Å². The van der Waals surface area contributed by atoms with Crippen LogP contribution in [0.4, 0.5) is 15.8 Å². The minimum atomic E-state index is -0.239. The normalized spacial score (nSPS) is 17.6. The number of ether oxygens (including phenoxy) is 1. The summed E-state index contributed by atoms with van der Waals surface area (Å²) < 4.78 is 18.6. The highest BCUT2D eigenvalue weighted by Gasteiger charge is 2.20. The Bertz CT molecular complexity index is 844. The molecule has 0 bridgehead atoms. The van der Waals surface area contributed by atoms with Crippen molar-refractivity contribution < 1.29 is 13.9 Å². The lowest BCUT2D eigenvalue weighted by atomic mass is 9.95. The molecule has 30 heavy (non-hydrogen) atoms.